The Labute approximate surface area is 94.3 Å². The van der Waals surface area contributed by atoms with Gasteiger partial charge < -0.3 is 0 Å². The van der Waals surface area contributed by atoms with Crippen LogP contribution in [0.3, 0.4) is 0 Å². The number of H-pyrrole nitrogens is 1. The minimum atomic E-state index is -0.0539. The molecular formula is C12H17N3O. The van der Waals surface area contributed by atoms with Crippen LogP contribution in [0.2, 0.25) is 0 Å². The number of hydrogen-bond donors (Lipinski definition) is 1. The maximum Gasteiger partial charge on any atom is 0.327 e. The number of nitrogens with one attached hydrogen (secondary N) is 1. The van der Waals surface area contributed by atoms with E-state index in [0.29, 0.717) is 5.65 Å². The van der Waals surface area contributed by atoms with E-state index in [1.54, 1.807) is 6.20 Å². The van der Waals surface area contributed by atoms with E-state index >= 15 is 0 Å². The van der Waals surface area contributed by atoms with E-state index in [1.807, 2.05) is 17.6 Å². The second-order valence-electron chi connectivity index (χ2n) is 4.15. The largest absolute Gasteiger partial charge is 0.327 e. The highest BCUT2D eigenvalue weighted by Gasteiger charge is 2.14. The Morgan fingerprint density at radius 2 is 2.12 bits per heavy atom. The van der Waals surface area contributed by atoms with Gasteiger partial charge in [-0.05, 0) is 31.4 Å². The van der Waals surface area contributed by atoms with Crippen molar-refractivity contribution in [3.63, 3.8) is 0 Å². The summed E-state index contributed by atoms with van der Waals surface area (Å²) in [5.74, 6) is 0. The molecule has 0 unspecified atom stereocenters. The summed E-state index contributed by atoms with van der Waals surface area (Å²) in [5, 5.41) is 0. The van der Waals surface area contributed by atoms with Gasteiger partial charge in [0.2, 0.25) is 0 Å². The number of rotatable bonds is 3. The highest BCUT2D eigenvalue weighted by atomic mass is 16.1. The lowest BCUT2D eigenvalue weighted by Gasteiger charge is -2.14. The minimum absolute atomic E-state index is 0.0539. The minimum Gasteiger partial charge on any atom is -0.290 e. The van der Waals surface area contributed by atoms with E-state index in [9.17, 15) is 4.79 Å². The standard InChI is InChI=1S/C12H17N3O/c1-4-9(5-2)15-10-6-8(3)7-13-11(10)14-12(15)16/h6-7,9H,4-5H2,1-3H3,(H,13,14,16). The Kier molecular flexibility index (Phi) is 2.81. The van der Waals surface area contributed by atoms with Crippen molar-refractivity contribution < 1.29 is 0 Å². The van der Waals surface area contributed by atoms with Crippen LogP contribution in [0.5, 0.6) is 0 Å². The Hall–Kier alpha value is -1.58. The van der Waals surface area contributed by atoms with Crippen LogP contribution < -0.4 is 5.69 Å². The molecule has 86 valence electrons. The molecule has 2 heterocycles. The van der Waals surface area contributed by atoms with Gasteiger partial charge >= 0.3 is 5.69 Å². The number of aromatic amines is 1. The van der Waals surface area contributed by atoms with E-state index in [-0.39, 0.29) is 11.7 Å². The molecule has 0 aliphatic rings. The fourth-order valence-corrected chi connectivity index (χ4v) is 2.12. The Morgan fingerprint density at radius 3 is 2.75 bits per heavy atom. The molecule has 16 heavy (non-hydrogen) atoms. The monoisotopic (exact) mass is 219 g/mol. The first kappa shape index (κ1) is 10.9. The summed E-state index contributed by atoms with van der Waals surface area (Å²) < 4.78 is 1.83. The fourth-order valence-electron chi connectivity index (χ4n) is 2.12. The van der Waals surface area contributed by atoms with Crippen molar-refractivity contribution in [2.45, 2.75) is 39.7 Å². The van der Waals surface area contributed by atoms with Gasteiger partial charge in [-0.2, -0.15) is 0 Å². The number of aromatic nitrogens is 3. The van der Waals surface area contributed by atoms with Crippen LogP contribution in [0.15, 0.2) is 17.1 Å². The normalized spacial score (nSPS) is 11.5. The summed E-state index contributed by atoms with van der Waals surface area (Å²) in [5.41, 5.74) is 2.62. The molecule has 0 amide bonds. The highest BCUT2D eigenvalue weighted by molar-refractivity contribution is 5.71. The van der Waals surface area contributed by atoms with Crippen molar-refractivity contribution in [1.82, 2.24) is 14.5 Å². The van der Waals surface area contributed by atoms with Crippen LogP contribution in [-0.4, -0.2) is 14.5 Å². The van der Waals surface area contributed by atoms with Crippen LogP contribution in [-0.2, 0) is 0 Å². The zero-order valence-electron chi connectivity index (χ0n) is 9.95. The van der Waals surface area contributed by atoms with Gasteiger partial charge in [-0.15, -0.1) is 0 Å². The second kappa shape index (κ2) is 4.12. The van der Waals surface area contributed by atoms with Gasteiger partial charge in [0.05, 0.1) is 5.52 Å². The van der Waals surface area contributed by atoms with Crippen LogP contribution in [0, 0.1) is 6.92 Å². The number of imidazole rings is 1. The maximum atomic E-state index is 11.9. The van der Waals surface area contributed by atoms with Crippen LogP contribution in [0.1, 0.15) is 38.3 Å². The van der Waals surface area contributed by atoms with Gasteiger partial charge in [-0.3, -0.25) is 9.55 Å². The zero-order valence-corrected chi connectivity index (χ0v) is 9.95. The first-order valence-electron chi connectivity index (χ1n) is 5.74. The number of fused-ring (bicyclic) bond motifs is 1. The third-order valence-corrected chi connectivity index (χ3v) is 3.02. The van der Waals surface area contributed by atoms with Crippen molar-refractivity contribution in [2.24, 2.45) is 0 Å². The van der Waals surface area contributed by atoms with E-state index in [4.69, 9.17) is 0 Å². The Balaban J connectivity index is 2.71. The molecule has 0 bridgehead atoms. The fraction of sp³-hybridized carbons (Fsp3) is 0.500. The summed E-state index contributed by atoms with van der Waals surface area (Å²) in [4.78, 5) is 18.9. The molecule has 2 aromatic heterocycles. The number of nitrogens with zero attached hydrogens (tertiary/aromatic N) is 2. The number of aryl methyl sites for hydroxylation is 1. The van der Waals surface area contributed by atoms with Crippen LogP contribution in [0.25, 0.3) is 11.2 Å². The van der Waals surface area contributed by atoms with E-state index in [2.05, 4.69) is 23.8 Å². The van der Waals surface area contributed by atoms with Crippen molar-refractivity contribution in [2.75, 3.05) is 0 Å². The molecule has 0 saturated carbocycles. The first-order chi connectivity index (χ1) is 7.67. The predicted molar refractivity (Wildman–Crippen MR) is 64.7 cm³/mol. The average molecular weight is 219 g/mol. The molecule has 0 aromatic carbocycles. The van der Waals surface area contributed by atoms with Gasteiger partial charge in [0, 0.05) is 12.2 Å². The van der Waals surface area contributed by atoms with Crippen molar-refractivity contribution in [3.05, 3.63) is 28.3 Å². The van der Waals surface area contributed by atoms with Gasteiger partial charge in [0.15, 0.2) is 5.65 Å². The Bertz CT molecular complexity index is 549. The predicted octanol–water partition coefficient (Wildman–Crippen LogP) is 2.39. The molecular weight excluding hydrogens is 202 g/mol. The van der Waals surface area contributed by atoms with Crippen LogP contribution in [0.4, 0.5) is 0 Å². The Morgan fingerprint density at radius 1 is 1.44 bits per heavy atom. The first-order valence-corrected chi connectivity index (χ1v) is 5.74. The number of hydrogen-bond acceptors (Lipinski definition) is 2. The summed E-state index contributed by atoms with van der Waals surface area (Å²) in [6, 6.07) is 2.27. The third kappa shape index (κ3) is 1.64. The third-order valence-electron chi connectivity index (χ3n) is 3.02. The lowest BCUT2D eigenvalue weighted by atomic mass is 10.1. The zero-order chi connectivity index (χ0) is 11.7. The van der Waals surface area contributed by atoms with Crippen LogP contribution >= 0.6 is 0 Å². The smallest absolute Gasteiger partial charge is 0.290 e. The molecule has 1 N–H and O–H groups in total. The molecule has 0 saturated heterocycles. The van der Waals surface area contributed by atoms with Gasteiger partial charge in [-0.1, -0.05) is 13.8 Å². The van der Waals surface area contributed by atoms with Crippen molar-refractivity contribution in [3.8, 4) is 0 Å². The summed E-state index contributed by atoms with van der Waals surface area (Å²) >= 11 is 0. The lowest BCUT2D eigenvalue weighted by Crippen LogP contribution is -2.21. The number of pyridine rings is 1. The maximum absolute atomic E-state index is 11.9. The van der Waals surface area contributed by atoms with E-state index < -0.39 is 0 Å². The quantitative estimate of drug-likeness (QED) is 0.861. The molecule has 0 aliphatic heterocycles. The molecule has 0 aliphatic carbocycles. The van der Waals surface area contributed by atoms with Gasteiger partial charge in [-0.25, -0.2) is 9.78 Å². The molecule has 0 radical (unpaired) electrons. The molecule has 0 spiro atoms. The molecule has 2 rings (SSSR count). The summed E-state index contributed by atoms with van der Waals surface area (Å²) in [6.07, 6.45) is 3.68. The summed E-state index contributed by atoms with van der Waals surface area (Å²) in [6.45, 7) is 6.19. The second-order valence-corrected chi connectivity index (χ2v) is 4.15. The van der Waals surface area contributed by atoms with Crippen molar-refractivity contribution in [1.29, 1.82) is 0 Å². The van der Waals surface area contributed by atoms with E-state index in [0.717, 1.165) is 23.9 Å². The highest BCUT2D eigenvalue weighted by Crippen LogP contribution is 2.19. The molecule has 0 atom stereocenters. The SMILES string of the molecule is CCC(CC)n1c(=O)[nH]c2ncc(C)cc21. The van der Waals surface area contributed by atoms with Gasteiger partial charge in [0.25, 0.3) is 0 Å². The molecule has 0 fully saturated rings. The molecule has 4 heteroatoms. The van der Waals surface area contributed by atoms with E-state index in [1.165, 1.54) is 0 Å². The topological polar surface area (TPSA) is 50.7 Å². The van der Waals surface area contributed by atoms with Gasteiger partial charge in [0.1, 0.15) is 0 Å². The average Bonchev–Trinajstić information content (AvgIpc) is 2.58. The van der Waals surface area contributed by atoms with Crippen molar-refractivity contribution >= 4 is 11.2 Å². The molecule has 4 nitrogen and oxygen atoms in total. The lowest BCUT2D eigenvalue weighted by molar-refractivity contribution is 0.471. The molecule has 2 aromatic rings. The summed E-state index contributed by atoms with van der Waals surface area (Å²) in [7, 11) is 0.